The van der Waals surface area contributed by atoms with Gasteiger partial charge in [0.15, 0.2) is 0 Å². The summed E-state index contributed by atoms with van der Waals surface area (Å²) in [7, 11) is 0. The highest BCUT2D eigenvalue weighted by molar-refractivity contribution is 6.25. The van der Waals surface area contributed by atoms with Crippen molar-refractivity contribution in [2.24, 2.45) is 0 Å². The van der Waals surface area contributed by atoms with Gasteiger partial charge < -0.3 is 9.47 Å². The van der Waals surface area contributed by atoms with Crippen LogP contribution in [0.3, 0.4) is 0 Å². The molecule has 0 radical (unpaired) electrons. The van der Waals surface area contributed by atoms with E-state index < -0.39 is 0 Å². The molecule has 72 heavy (non-hydrogen) atoms. The summed E-state index contributed by atoms with van der Waals surface area (Å²) in [6.45, 7) is 0. The van der Waals surface area contributed by atoms with Crippen LogP contribution < -0.4 is 4.90 Å². The summed E-state index contributed by atoms with van der Waals surface area (Å²) in [6, 6.07) is 102. The quantitative estimate of drug-likeness (QED) is 0.138. The van der Waals surface area contributed by atoms with Crippen LogP contribution in [-0.4, -0.2) is 4.57 Å². The van der Waals surface area contributed by atoms with Gasteiger partial charge in [-0.1, -0.05) is 206 Å². The molecule has 2 heteroatoms. The first kappa shape index (κ1) is 41.5. The zero-order valence-corrected chi connectivity index (χ0v) is 39.5. The zero-order valence-electron chi connectivity index (χ0n) is 39.5. The third-order valence-electron chi connectivity index (χ3n) is 14.8. The predicted octanol–water partition coefficient (Wildman–Crippen LogP) is 19.5. The second kappa shape index (κ2) is 17.2. The Balaban J connectivity index is 0.804. The van der Waals surface area contributed by atoms with Gasteiger partial charge in [-0.3, -0.25) is 0 Å². The van der Waals surface area contributed by atoms with Crippen LogP contribution >= 0.6 is 0 Å². The fourth-order valence-corrected chi connectivity index (χ4v) is 11.2. The molecular weight excluding hydrogens is 869 g/mol. The molecule has 0 spiro atoms. The molecule has 0 unspecified atom stereocenters. The fraction of sp³-hybridized carbons (Fsp3) is 0. The van der Waals surface area contributed by atoms with Crippen LogP contribution in [-0.2, 0) is 0 Å². The van der Waals surface area contributed by atoms with E-state index in [1.165, 1.54) is 109 Å². The van der Waals surface area contributed by atoms with Gasteiger partial charge in [0.2, 0.25) is 0 Å². The number of anilines is 3. The molecule has 0 aliphatic carbocycles. The first-order valence-electron chi connectivity index (χ1n) is 24.8. The van der Waals surface area contributed by atoms with E-state index in [1.807, 2.05) is 0 Å². The minimum absolute atomic E-state index is 1.09. The van der Waals surface area contributed by atoms with Crippen LogP contribution in [0.25, 0.3) is 115 Å². The minimum atomic E-state index is 1.09. The molecule has 0 fully saturated rings. The molecule has 0 saturated heterocycles. The largest absolute Gasteiger partial charge is 0.311 e. The van der Waals surface area contributed by atoms with Gasteiger partial charge in [0.1, 0.15) is 0 Å². The van der Waals surface area contributed by atoms with E-state index in [0.717, 1.165) is 22.7 Å². The Hall–Kier alpha value is -9.50. The van der Waals surface area contributed by atoms with Gasteiger partial charge in [-0.05, 0) is 160 Å². The molecule has 14 rings (SSSR count). The van der Waals surface area contributed by atoms with Crippen molar-refractivity contribution >= 4 is 82.0 Å². The third kappa shape index (κ3) is 7.12. The lowest BCUT2D eigenvalue weighted by Gasteiger charge is -2.26. The lowest BCUT2D eigenvalue weighted by Crippen LogP contribution is -2.09. The number of hydrogen-bond donors (Lipinski definition) is 0. The van der Waals surface area contributed by atoms with Gasteiger partial charge in [-0.25, -0.2) is 0 Å². The van der Waals surface area contributed by atoms with Crippen LogP contribution in [0.2, 0.25) is 0 Å². The van der Waals surface area contributed by atoms with Crippen LogP contribution in [0.15, 0.2) is 279 Å². The molecule has 14 aromatic rings. The predicted molar refractivity (Wildman–Crippen MR) is 307 cm³/mol. The van der Waals surface area contributed by atoms with Crippen LogP contribution in [0.4, 0.5) is 17.1 Å². The lowest BCUT2D eigenvalue weighted by atomic mass is 9.92. The number of aromatic nitrogens is 1. The molecule has 2 nitrogen and oxygen atoms in total. The highest BCUT2D eigenvalue weighted by Crippen LogP contribution is 2.41. The first-order chi connectivity index (χ1) is 35.7. The number of nitrogens with zero attached hydrogens (tertiary/aromatic N) is 2. The molecule has 1 aromatic heterocycles. The maximum atomic E-state index is 2.37. The van der Waals surface area contributed by atoms with E-state index in [1.54, 1.807) is 0 Å². The molecule has 0 atom stereocenters. The van der Waals surface area contributed by atoms with E-state index in [9.17, 15) is 0 Å². The monoisotopic (exact) mass is 914 g/mol. The molecule has 0 N–H and O–H groups in total. The Morgan fingerprint density at radius 3 is 1.01 bits per heavy atom. The van der Waals surface area contributed by atoms with Gasteiger partial charge in [0, 0.05) is 33.5 Å². The molecule has 0 amide bonds. The summed E-state index contributed by atoms with van der Waals surface area (Å²) in [6.07, 6.45) is 0. The molecular formula is C70H46N2. The molecule has 0 bridgehead atoms. The van der Waals surface area contributed by atoms with Crippen LogP contribution in [0.5, 0.6) is 0 Å². The molecule has 0 aliphatic rings. The third-order valence-corrected chi connectivity index (χ3v) is 14.8. The number of benzene rings is 13. The average molecular weight is 915 g/mol. The summed E-state index contributed by atoms with van der Waals surface area (Å²) in [5, 5.41) is 12.8. The molecule has 1 heterocycles. The molecule has 13 aromatic carbocycles. The van der Waals surface area contributed by atoms with Crippen LogP contribution in [0.1, 0.15) is 0 Å². The van der Waals surface area contributed by atoms with Crippen molar-refractivity contribution in [2.75, 3.05) is 4.90 Å². The summed E-state index contributed by atoms with van der Waals surface area (Å²) < 4.78 is 2.37. The SMILES string of the molecule is c1ccc2cc(-c3ccc(-c4ccc(N(c5ccc(-c6ccc(-n7c8ccccc8c8ccccc87)cc6)cc5)c5ccc(-c6ccc7c8ccccc8c8ccccc8c7c6)cc5)cc4)cc3)ccc2c1. The zero-order chi connectivity index (χ0) is 47.5. The van der Waals surface area contributed by atoms with Gasteiger partial charge in [-0.15, -0.1) is 0 Å². The maximum absolute atomic E-state index is 2.37. The summed E-state index contributed by atoms with van der Waals surface area (Å²) >= 11 is 0. The minimum Gasteiger partial charge on any atom is -0.311 e. The second-order valence-corrected chi connectivity index (χ2v) is 18.9. The van der Waals surface area contributed by atoms with Crippen molar-refractivity contribution < 1.29 is 0 Å². The first-order valence-corrected chi connectivity index (χ1v) is 24.8. The van der Waals surface area contributed by atoms with Crippen molar-refractivity contribution in [3.63, 3.8) is 0 Å². The van der Waals surface area contributed by atoms with E-state index in [0.29, 0.717) is 0 Å². The smallest absolute Gasteiger partial charge is 0.0541 e. The number of hydrogen-bond acceptors (Lipinski definition) is 1. The summed E-state index contributed by atoms with van der Waals surface area (Å²) in [5.74, 6) is 0. The normalized spacial score (nSPS) is 11.6. The Bertz CT molecular complexity index is 4250. The average Bonchev–Trinajstić information content (AvgIpc) is 3.80. The van der Waals surface area contributed by atoms with Gasteiger partial charge in [0.05, 0.1) is 11.0 Å². The van der Waals surface area contributed by atoms with Crippen molar-refractivity contribution in [3.8, 4) is 50.2 Å². The van der Waals surface area contributed by atoms with Crippen molar-refractivity contribution in [1.29, 1.82) is 0 Å². The summed E-state index contributed by atoms with van der Waals surface area (Å²) in [5.41, 5.74) is 16.4. The van der Waals surface area contributed by atoms with Crippen LogP contribution in [0, 0.1) is 0 Å². The topological polar surface area (TPSA) is 8.17 Å². The van der Waals surface area contributed by atoms with Crippen molar-refractivity contribution in [2.45, 2.75) is 0 Å². The molecule has 0 aliphatic heterocycles. The standard InChI is InChI=1S/C70H46N2/c1-2-12-54-45-55(26-25-47(54)11-1)52-23-21-48(22-24-52)49-27-36-57(37-28-49)71(59-40-33-53(34-41-59)56-35-44-65-63-15-4-3-13-61(63)62-14-5-6-16-64(62)68(65)46-56)58-38-29-50(30-39-58)51-31-42-60(43-32-51)72-69-19-9-7-17-66(69)67-18-8-10-20-70(67)72/h1-46H. The Morgan fingerprint density at radius 1 is 0.208 bits per heavy atom. The highest BCUT2D eigenvalue weighted by atomic mass is 15.1. The van der Waals surface area contributed by atoms with Gasteiger partial charge in [0.25, 0.3) is 0 Å². The van der Waals surface area contributed by atoms with E-state index >= 15 is 0 Å². The van der Waals surface area contributed by atoms with E-state index in [4.69, 9.17) is 0 Å². The molecule has 336 valence electrons. The number of fused-ring (bicyclic) bond motifs is 10. The fourth-order valence-electron chi connectivity index (χ4n) is 11.2. The van der Waals surface area contributed by atoms with Gasteiger partial charge >= 0.3 is 0 Å². The molecule has 0 saturated carbocycles. The highest BCUT2D eigenvalue weighted by Gasteiger charge is 2.17. The van der Waals surface area contributed by atoms with Gasteiger partial charge in [-0.2, -0.15) is 0 Å². The van der Waals surface area contributed by atoms with Crippen molar-refractivity contribution in [1.82, 2.24) is 4.57 Å². The lowest BCUT2D eigenvalue weighted by molar-refractivity contribution is 1.18. The second-order valence-electron chi connectivity index (χ2n) is 18.9. The maximum Gasteiger partial charge on any atom is 0.0541 e. The van der Waals surface area contributed by atoms with Crippen molar-refractivity contribution in [3.05, 3.63) is 279 Å². The Kier molecular flexibility index (Phi) is 9.89. The number of para-hydroxylation sites is 2. The Labute approximate surface area is 418 Å². The van der Waals surface area contributed by atoms with E-state index in [2.05, 4.69) is 289 Å². The summed E-state index contributed by atoms with van der Waals surface area (Å²) in [4.78, 5) is 2.37. The van der Waals surface area contributed by atoms with E-state index in [-0.39, 0.29) is 0 Å². The Morgan fingerprint density at radius 2 is 0.528 bits per heavy atom. The number of rotatable bonds is 8.